The zero-order valence-electron chi connectivity index (χ0n) is 18.9. The number of pyridine rings is 1. The predicted octanol–water partition coefficient (Wildman–Crippen LogP) is 2.74. The number of aromatic nitrogens is 1. The highest BCUT2D eigenvalue weighted by molar-refractivity contribution is 5.93. The van der Waals surface area contributed by atoms with Crippen LogP contribution in [0.15, 0.2) is 40.2 Å². The topological polar surface area (TPSA) is 104 Å². The van der Waals surface area contributed by atoms with E-state index >= 15 is 4.39 Å². The minimum Gasteiger partial charge on any atom is -0.477 e. The number of carbonyl (C=O) groups is 1. The Hall–Kier alpha value is -3.20. The van der Waals surface area contributed by atoms with Gasteiger partial charge in [0.15, 0.2) is 6.17 Å². The summed E-state index contributed by atoms with van der Waals surface area (Å²) in [5.41, 5.74) is 7.05. The number of amidine groups is 1. The lowest BCUT2D eigenvalue weighted by Crippen LogP contribution is -2.64. The maximum absolute atomic E-state index is 15.5. The van der Waals surface area contributed by atoms with Crippen molar-refractivity contribution in [2.24, 2.45) is 4.99 Å². The van der Waals surface area contributed by atoms with Gasteiger partial charge in [0.1, 0.15) is 17.2 Å². The van der Waals surface area contributed by atoms with Crippen LogP contribution in [0, 0.1) is 0 Å². The Morgan fingerprint density at radius 1 is 1.09 bits per heavy atom. The van der Waals surface area contributed by atoms with E-state index in [9.17, 15) is 14.7 Å². The van der Waals surface area contributed by atoms with Crippen molar-refractivity contribution in [3.05, 3.63) is 57.4 Å². The number of carboxylic acids is 1. The summed E-state index contributed by atoms with van der Waals surface area (Å²) >= 11 is 0. The molecule has 3 unspecified atom stereocenters. The van der Waals surface area contributed by atoms with Gasteiger partial charge in [-0.1, -0.05) is 12.1 Å². The molecule has 0 amide bonds. The van der Waals surface area contributed by atoms with E-state index in [4.69, 9.17) is 10.7 Å². The third-order valence-corrected chi connectivity index (χ3v) is 7.66. The molecule has 2 aromatic rings. The quantitative estimate of drug-likeness (QED) is 0.673. The van der Waals surface area contributed by atoms with Crippen molar-refractivity contribution in [3.8, 4) is 0 Å². The molecule has 3 N–H and O–H groups in total. The Kier molecular flexibility index (Phi) is 4.98. The van der Waals surface area contributed by atoms with Crippen LogP contribution in [0.25, 0.3) is 0 Å². The molecule has 9 heteroatoms. The Balaban J connectivity index is 1.30. The second kappa shape index (κ2) is 7.94. The van der Waals surface area contributed by atoms with Gasteiger partial charge in [0.25, 0.3) is 0 Å². The fourth-order valence-corrected chi connectivity index (χ4v) is 5.71. The summed E-state index contributed by atoms with van der Waals surface area (Å²) in [7, 11) is 0. The number of halogens is 1. The number of nitrogen functional groups attached to an aromatic ring is 1. The molecule has 0 spiro atoms. The molecule has 1 aliphatic carbocycles. The second-order valence-corrected chi connectivity index (χ2v) is 9.97. The van der Waals surface area contributed by atoms with E-state index < -0.39 is 17.6 Å². The fourth-order valence-electron chi connectivity index (χ4n) is 5.71. The van der Waals surface area contributed by atoms with Crippen LogP contribution in [0.3, 0.4) is 0 Å². The van der Waals surface area contributed by atoms with Gasteiger partial charge >= 0.3 is 5.97 Å². The highest BCUT2D eigenvalue weighted by Crippen LogP contribution is 2.41. The van der Waals surface area contributed by atoms with Crippen LogP contribution >= 0.6 is 0 Å². The molecule has 1 aromatic heterocycles. The molecule has 1 saturated carbocycles. The largest absolute Gasteiger partial charge is 0.477 e. The summed E-state index contributed by atoms with van der Waals surface area (Å²) in [6.07, 6.45) is 3.73. The van der Waals surface area contributed by atoms with Crippen LogP contribution in [-0.4, -0.2) is 62.6 Å². The third-order valence-electron chi connectivity index (χ3n) is 7.66. The van der Waals surface area contributed by atoms with Gasteiger partial charge in [0, 0.05) is 61.6 Å². The molecule has 2 bridgehead atoms. The van der Waals surface area contributed by atoms with Crippen molar-refractivity contribution in [2.45, 2.75) is 62.9 Å². The number of rotatable bonds is 4. The lowest BCUT2D eigenvalue weighted by Gasteiger charge is -2.53. The normalized spacial score (nSPS) is 26.3. The van der Waals surface area contributed by atoms with Crippen molar-refractivity contribution in [1.29, 1.82) is 0 Å². The first-order valence-corrected chi connectivity index (χ1v) is 12.0. The lowest BCUT2D eigenvalue weighted by atomic mass is 9.89. The molecule has 5 aliphatic rings. The Labute approximate surface area is 196 Å². The minimum absolute atomic E-state index is 0.121. The van der Waals surface area contributed by atoms with Gasteiger partial charge in [-0.2, -0.15) is 0 Å². The number of benzene rings is 1. The number of aromatic carboxylic acids is 1. The first-order valence-electron chi connectivity index (χ1n) is 12.0. The van der Waals surface area contributed by atoms with Crippen molar-refractivity contribution in [1.82, 2.24) is 14.4 Å². The monoisotopic (exact) mass is 465 g/mol. The van der Waals surface area contributed by atoms with Crippen LogP contribution in [-0.2, 0) is 13.0 Å². The third kappa shape index (κ3) is 3.58. The Morgan fingerprint density at radius 2 is 1.79 bits per heavy atom. The number of anilines is 1. The molecule has 8 nitrogen and oxygen atoms in total. The van der Waals surface area contributed by atoms with Crippen molar-refractivity contribution >= 4 is 23.3 Å². The standard InChI is InChI=1S/C25H28FN5O3/c26-21-9-19-22(32)20(25(33)34)13-31(16-5-6-16)23(19)28-24(21)30-12-17-7-8-18(30)11-29(17)10-14-1-3-15(27)4-2-14/h1-4,13,16-18,21H,5-12,27H2,(H,33,34). The maximum atomic E-state index is 15.5. The van der Waals surface area contributed by atoms with Gasteiger partial charge in [-0.3, -0.25) is 9.69 Å². The van der Waals surface area contributed by atoms with Crippen LogP contribution in [0.4, 0.5) is 15.9 Å². The molecule has 4 fully saturated rings. The first-order chi connectivity index (χ1) is 16.4. The van der Waals surface area contributed by atoms with Gasteiger partial charge in [-0.05, 0) is 43.4 Å². The number of carboxylic acid groups (broad SMARTS) is 1. The van der Waals surface area contributed by atoms with E-state index in [1.165, 1.54) is 11.8 Å². The maximum Gasteiger partial charge on any atom is 0.341 e. The molecule has 0 radical (unpaired) electrons. The molecule has 178 valence electrons. The SMILES string of the molecule is Nc1ccc(CN2CC3CCC2CN3C2=Nc3c(c(=O)c(C(=O)O)cn3C3CC3)CC2F)cc1. The summed E-state index contributed by atoms with van der Waals surface area (Å²) in [5, 5.41) is 9.47. The van der Waals surface area contributed by atoms with E-state index in [1.807, 2.05) is 12.1 Å². The highest BCUT2D eigenvalue weighted by atomic mass is 19.1. The Bertz CT molecular complexity index is 1240. The number of nitrogens with zero attached hydrogens (tertiary/aromatic N) is 4. The summed E-state index contributed by atoms with van der Waals surface area (Å²) < 4.78 is 17.3. The van der Waals surface area contributed by atoms with Gasteiger partial charge in [0.05, 0.1) is 0 Å². The summed E-state index contributed by atoms with van der Waals surface area (Å²) in [5.74, 6) is -0.435. The lowest BCUT2D eigenvalue weighted by molar-refractivity contribution is 0.00773. The molecule has 3 atom stereocenters. The van der Waals surface area contributed by atoms with E-state index in [0.717, 1.165) is 44.5 Å². The van der Waals surface area contributed by atoms with Crippen molar-refractivity contribution in [2.75, 3.05) is 18.8 Å². The zero-order chi connectivity index (χ0) is 23.6. The number of fused-ring (bicyclic) bond motifs is 4. The molecular weight excluding hydrogens is 437 g/mol. The molecule has 3 saturated heterocycles. The number of aliphatic imine (C=N–C) groups is 1. The smallest absolute Gasteiger partial charge is 0.341 e. The summed E-state index contributed by atoms with van der Waals surface area (Å²) in [6.45, 7) is 2.37. The van der Waals surface area contributed by atoms with E-state index in [2.05, 4.69) is 21.9 Å². The van der Waals surface area contributed by atoms with E-state index in [1.54, 1.807) is 4.57 Å². The zero-order valence-corrected chi connectivity index (χ0v) is 18.9. The fraction of sp³-hybridized carbons (Fsp3) is 0.480. The number of piperazine rings is 1. The van der Waals surface area contributed by atoms with Crippen molar-refractivity contribution < 1.29 is 14.3 Å². The van der Waals surface area contributed by atoms with Gasteiger partial charge in [0.2, 0.25) is 5.43 Å². The predicted molar refractivity (Wildman–Crippen MR) is 126 cm³/mol. The molecule has 1 aromatic carbocycles. The van der Waals surface area contributed by atoms with Crippen LogP contribution in [0.2, 0.25) is 0 Å². The molecule has 5 heterocycles. The molecule has 7 rings (SSSR count). The molecule has 34 heavy (non-hydrogen) atoms. The molecule has 4 aliphatic heterocycles. The van der Waals surface area contributed by atoms with Crippen molar-refractivity contribution in [3.63, 3.8) is 0 Å². The van der Waals surface area contributed by atoms with Gasteiger partial charge < -0.3 is 20.3 Å². The Morgan fingerprint density at radius 3 is 2.44 bits per heavy atom. The highest BCUT2D eigenvalue weighted by Gasteiger charge is 2.43. The van der Waals surface area contributed by atoms with E-state index in [0.29, 0.717) is 24.2 Å². The summed E-state index contributed by atoms with van der Waals surface area (Å²) in [6, 6.07) is 8.54. The van der Waals surface area contributed by atoms with E-state index in [-0.39, 0.29) is 29.6 Å². The second-order valence-electron chi connectivity index (χ2n) is 9.97. The summed E-state index contributed by atoms with van der Waals surface area (Å²) in [4.78, 5) is 33.7. The first kappa shape index (κ1) is 21.3. The van der Waals surface area contributed by atoms with Gasteiger partial charge in [-0.15, -0.1) is 0 Å². The number of hydrogen-bond donors (Lipinski definition) is 2. The van der Waals surface area contributed by atoms with Crippen LogP contribution in [0.5, 0.6) is 0 Å². The minimum atomic E-state index is -1.42. The number of alkyl halides is 1. The van der Waals surface area contributed by atoms with Crippen LogP contribution in [0.1, 0.15) is 53.2 Å². The average Bonchev–Trinajstić information content (AvgIpc) is 3.66. The van der Waals surface area contributed by atoms with Gasteiger partial charge in [-0.25, -0.2) is 14.2 Å². The number of hydrogen-bond acceptors (Lipinski definition) is 6. The average molecular weight is 466 g/mol. The number of nitrogens with two attached hydrogens (primary N) is 1. The number of piperidine rings is 2. The molecular formula is C25H28FN5O3. The van der Waals surface area contributed by atoms with Crippen LogP contribution < -0.4 is 11.2 Å².